The minimum Gasteiger partial charge on any atom is -0.378 e. The van der Waals surface area contributed by atoms with E-state index in [9.17, 15) is 8.42 Å². The van der Waals surface area contributed by atoms with Crippen molar-refractivity contribution in [3.63, 3.8) is 0 Å². The number of hydrogen-bond acceptors (Lipinski definition) is 4. The van der Waals surface area contributed by atoms with Gasteiger partial charge in [-0.3, -0.25) is 0 Å². The second kappa shape index (κ2) is 6.22. The van der Waals surface area contributed by atoms with Crippen LogP contribution < -0.4 is 10.5 Å². The summed E-state index contributed by atoms with van der Waals surface area (Å²) in [5.74, 6) is 0.240. The summed E-state index contributed by atoms with van der Waals surface area (Å²) in [6.45, 7) is 5.35. The van der Waals surface area contributed by atoms with Crippen LogP contribution in [0, 0.1) is 12.8 Å². The molecule has 0 aromatic heterocycles. The molecule has 0 aliphatic carbocycles. The molecular weight excluding hydrogens is 276 g/mol. The van der Waals surface area contributed by atoms with Crippen molar-refractivity contribution in [3.8, 4) is 0 Å². The number of rotatable bonds is 5. The minimum absolute atomic E-state index is 0.107. The molecule has 1 aliphatic heterocycles. The zero-order chi connectivity index (χ0) is 14.8. The van der Waals surface area contributed by atoms with Gasteiger partial charge in [-0.25, -0.2) is 13.1 Å². The molecule has 1 saturated heterocycles. The number of aryl methyl sites for hydroxylation is 1. The zero-order valence-corrected chi connectivity index (χ0v) is 12.7. The lowest BCUT2D eigenvalue weighted by molar-refractivity contribution is 0.107. The van der Waals surface area contributed by atoms with Crippen molar-refractivity contribution in [1.29, 1.82) is 0 Å². The van der Waals surface area contributed by atoms with Gasteiger partial charge in [-0.15, -0.1) is 0 Å². The molecule has 0 amide bonds. The molecule has 0 radical (unpaired) electrons. The van der Waals surface area contributed by atoms with Gasteiger partial charge in [0.1, 0.15) is 0 Å². The molecule has 20 heavy (non-hydrogen) atoms. The molecule has 1 aliphatic rings. The van der Waals surface area contributed by atoms with E-state index in [-0.39, 0.29) is 16.9 Å². The van der Waals surface area contributed by atoms with Crippen molar-refractivity contribution in [3.05, 3.63) is 29.3 Å². The van der Waals surface area contributed by atoms with Crippen LogP contribution in [0.25, 0.3) is 0 Å². The van der Waals surface area contributed by atoms with Crippen LogP contribution in [0.2, 0.25) is 0 Å². The summed E-state index contributed by atoms with van der Waals surface area (Å²) in [5, 5.41) is 0. The first-order chi connectivity index (χ1) is 9.44. The molecule has 2 atom stereocenters. The topological polar surface area (TPSA) is 81.4 Å². The molecule has 0 spiro atoms. The summed E-state index contributed by atoms with van der Waals surface area (Å²) in [6, 6.07) is 5.05. The molecule has 1 fully saturated rings. The van der Waals surface area contributed by atoms with Crippen LogP contribution >= 0.6 is 0 Å². The Bertz CT molecular complexity index is 572. The third-order valence-corrected chi connectivity index (χ3v) is 5.34. The third kappa shape index (κ3) is 3.38. The number of nitrogens with two attached hydrogens (primary N) is 1. The normalized spacial score (nSPS) is 23.1. The molecule has 112 valence electrons. The van der Waals surface area contributed by atoms with Crippen LogP contribution in [-0.2, 0) is 21.3 Å². The zero-order valence-electron chi connectivity index (χ0n) is 11.9. The number of ether oxygens (including phenoxy) is 1. The summed E-state index contributed by atoms with van der Waals surface area (Å²) in [5.41, 5.74) is 7.48. The average Bonchev–Trinajstić information content (AvgIpc) is 2.82. The standard InChI is InChI=1S/C14H22N2O3S/c1-10-3-4-14(7-13(10)8-15)20(17,18)16-9-12-5-6-19-11(12)2/h3-4,7,11-12,16H,5-6,8-9,15H2,1-2H3. The van der Waals surface area contributed by atoms with Gasteiger partial charge in [0.25, 0.3) is 0 Å². The Hall–Kier alpha value is -0.950. The molecule has 5 nitrogen and oxygen atoms in total. The van der Waals surface area contributed by atoms with E-state index in [0.717, 1.165) is 17.5 Å². The van der Waals surface area contributed by atoms with E-state index in [2.05, 4.69) is 4.72 Å². The molecule has 2 rings (SSSR count). The van der Waals surface area contributed by atoms with Crippen molar-refractivity contribution < 1.29 is 13.2 Å². The molecule has 1 heterocycles. The summed E-state index contributed by atoms with van der Waals surface area (Å²) < 4.78 is 32.7. The Kier molecular flexibility index (Phi) is 4.80. The van der Waals surface area contributed by atoms with E-state index in [0.29, 0.717) is 19.7 Å². The third-order valence-electron chi connectivity index (χ3n) is 3.92. The maximum absolute atomic E-state index is 12.3. The van der Waals surface area contributed by atoms with Gasteiger partial charge in [0.15, 0.2) is 0 Å². The van der Waals surface area contributed by atoms with Crippen LogP contribution in [0.15, 0.2) is 23.1 Å². The predicted molar refractivity (Wildman–Crippen MR) is 77.8 cm³/mol. The predicted octanol–water partition coefficient (Wildman–Crippen LogP) is 1.16. The number of hydrogen-bond donors (Lipinski definition) is 2. The second-order valence-electron chi connectivity index (χ2n) is 5.27. The molecule has 1 aromatic rings. The lowest BCUT2D eigenvalue weighted by Gasteiger charge is -2.15. The van der Waals surface area contributed by atoms with Crippen LogP contribution in [0.3, 0.4) is 0 Å². The van der Waals surface area contributed by atoms with Crippen molar-refractivity contribution in [2.24, 2.45) is 11.7 Å². The average molecular weight is 298 g/mol. The SMILES string of the molecule is Cc1ccc(S(=O)(=O)NCC2CCOC2C)cc1CN. The molecule has 0 saturated carbocycles. The summed E-state index contributed by atoms with van der Waals surface area (Å²) in [6.07, 6.45) is 1.00. The number of sulfonamides is 1. The van der Waals surface area contributed by atoms with E-state index in [1.54, 1.807) is 18.2 Å². The maximum atomic E-state index is 12.3. The van der Waals surface area contributed by atoms with E-state index in [4.69, 9.17) is 10.5 Å². The van der Waals surface area contributed by atoms with Crippen LogP contribution in [0.4, 0.5) is 0 Å². The van der Waals surface area contributed by atoms with Crippen molar-refractivity contribution in [2.75, 3.05) is 13.2 Å². The van der Waals surface area contributed by atoms with Crippen LogP contribution in [0.1, 0.15) is 24.5 Å². The largest absolute Gasteiger partial charge is 0.378 e. The van der Waals surface area contributed by atoms with Gasteiger partial charge in [-0.1, -0.05) is 6.07 Å². The highest BCUT2D eigenvalue weighted by molar-refractivity contribution is 7.89. The quantitative estimate of drug-likeness (QED) is 0.854. The smallest absolute Gasteiger partial charge is 0.240 e. The monoisotopic (exact) mass is 298 g/mol. The highest BCUT2D eigenvalue weighted by Crippen LogP contribution is 2.21. The van der Waals surface area contributed by atoms with Crippen LogP contribution in [0.5, 0.6) is 0 Å². The fraction of sp³-hybridized carbons (Fsp3) is 0.571. The summed E-state index contributed by atoms with van der Waals surface area (Å²) >= 11 is 0. The van der Waals surface area contributed by atoms with Gasteiger partial charge in [0.2, 0.25) is 10.0 Å². The fourth-order valence-corrected chi connectivity index (χ4v) is 3.52. The highest BCUT2D eigenvalue weighted by Gasteiger charge is 2.26. The van der Waals surface area contributed by atoms with Gasteiger partial charge < -0.3 is 10.5 Å². The van der Waals surface area contributed by atoms with E-state index in [1.807, 2.05) is 13.8 Å². The molecular formula is C14H22N2O3S. The van der Waals surface area contributed by atoms with Gasteiger partial charge in [-0.2, -0.15) is 0 Å². The minimum atomic E-state index is -3.48. The molecule has 0 bridgehead atoms. The van der Waals surface area contributed by atoms with E-state index in [1.165, 1.54) is 0 Å². The molecule has 3 N–H and O–H groups in total. The Morgan fingerprint density at radius 1 is 1.45 bits per heavy atom. The highest BCUT2D eigenvalue weighted by atomic mass is 32.2. The Morgan fingerprint density at radius 3 is 2.80 bits per heavy atom. The van der Waals surface area contributed by atoms with Crippen molar-refractivity contribution >= 4 is 10.0 Å². The Balaban J connectivity index is 2.10. The fourth-order valence-electron chi connectivity index (χ4n) is 2.38. The van der Waals surface area contributed by atoms with Crippen molar-refractivity contribution in [2.45, 2.75) is 37.8 Å². The molecule has 6 heteroatoms. The summed E-state index contributed by atoms with van der Waals surface area (Å²) in [7, 11) is -3.48. The maximum Gasteiger partial charge on any atom is 0.240 e. The Labute approximate surface area is 120 Å². The molecule has 2 unspecified atom stereocenters. The van der Waals surface area contributed by atoms with Gasteiger partial charge >= 0.3 is 0 Å². The summed E-state index contributed by atoms with van der Waals surface area (Å²) in [4.78, 5) is 0.273. The number of benzene rings is 1. The first kappa shape index (κ1) is 15.4. The molecule has 1 aromatic carbocycles. The number of nitrogens with one attached hydrogen (secondary N) is 1. The second-order valence-corrected chi connectivity index (χ2v) is 7.04. The van der Waals surface area contributed by atoms with Gasteiger partial charge in [0, 0.05) is 25.6 Å². The Morgan fingerprint density at radius 2 is 2.20 bits per heavy atom. The van der Waals surface area contributed by atoms with Gasteiger partial charge in [-0.05, 0) is 43.5 Å². The first-order valence-electron chi connectivity index (χ1n) is 6.85. The van der Waals surface area contributed by atoms with Gasteiger partial charge in [0.05, 0.1) is 11.0 Å². The van der Waals surface area contributed by atoms with Crippen LogP contribution in [-0.4, -0.2) is 27.7 Å². The van der Waals surface area contributed by atoms with E-state index >= 15 is 0 Å². The lowest BCUT2D eigenvalue weighted by Crippen LogP contribution is -2.32. The first-order valence-corrected chi connectivity index (χ1v) is 8.33. The van der Waals surface area contributed by atoms with Crippen molar-refractivity contribution in [1.82, 2.24) is 4.72 Å². The lowest BCUT2D eigenvalue weighted by atomic mass is 10.0. The van der Waals surface area contributed by atoms with E-state index < -0.39 is 10.0 Å².